The quantitative estimate of drug-likeness (QED) is 0.556. The lowest BCUT2D eigenvalue weighted by atomic mass is 10.3. The highest BCUT2D eigenvalue weighted by Gasteiger charge is 2.12. The molecule has 3 rings (SSSR count). The molecule has 23 heavy (non-hydrogen) atoms. The molecular formula is C15H14N4O4. The van der Waals surface area contributed by atoms with Crippen LogP contribution >= 0.6 is 0 Å². The number of benzene rings is 1. The van der Waals surface area contributed by atoms with Gasteiger partial charge in [-0.25, -0.2) is 10.2 Å². The van der Waals surface area contributed by atoms with E-state index < -0.39 is 11.9 Å². The Hall–Kier alpha value is -3.42. The topological polar surface area (TPSA) is 108 Å². The molecule has 8 heteroatoms. The minimum absolute atomic E-state index is 0.279. The summed E-state index contributed by atoms with van der Waals surface area (Å²) in [6.45, 7) is 0. The number of methoxy groups -OCH3 is 1. The number of rotatable bonds is 3. The Bertz CT molecular complexity index is 823. The van der Waals surface area contributed by atoms with Crippen LogP contribution in [0.5, 0.6) is 5.75 Å². The van der Waals surface area contributed by atoms with Crippen LogP contribution in [0.15, 0.2) is 47.1 Å². The van der Waals surface area contributed by atoms with Crippen molar-refractivity contribution < 1.29 is 18.7 Å². The fraction of sp³-hybridized carbons (Fsp3) is 0.0667. The molecule has 3 amide bonds. The van der Waals surface area contributed by atoms with Gasteiger partial charge in [0.1, 0.15) is 11.4 Å². The molecule has 0 unspecified atom stereocenters. The van der Waals surface area contributed by atoms with E-state index in [-0.39, 0.29) is 5.69 Å². The van der Waals surface area contributed by atoms with Crippen molar-refractivity contribution in [1.82, 2.24) is 15.8 Å². The summed E-state index contributed by atoms with van der Waals surface area (Å²) in [5.74, 6) is 0.123. The average Bonchev–Trinajstić information content (AvgIpc) is 3.14. The summed E-state index contributed by atoms with van der Waals surface area (Å²) in [6.07, 6.45) is 1.52. The van der Waals surface area contributed by atoms with Crippen LogP contribution in [-0.2, 0) is 0 Å². The van der Waals surface area contributed by atoms with Crippen molar-refractivity contribution in [1.29, 1.82) is 0 Å². The molecule has 2 aromatic heterocycles. The van der Waals surface area contributed by atoms with Crippen molar-refractivity contribution in [3.05, 3.63) is 48.4 Å². The Labute approximate surface area is 130 Å². The third kappa shape index (κ3) is 3.26. The maximum absolute atomic E-state index is 11.9. The molecule has 0 bridgehead atoms. The number of furan rings is 1. The van der Waals surface area contributed by atoms with E-state index in [9.17, 15) is 9.59 Å². The number of aromatic nitrogens is 1. The van der Waals surface area contributed by atoms with Gasteiger partial charge in [-0.2, -0.15) is 0 Å². The molecule has 0 saturated carbocycles. The largest absolute Gasteiger partial charge is 0.497 e. The number of hydrogen-bond donors (Lipinski definition) is 4. The van der Waals surface area contributed by atoms with E-state index in [1.807, 2.05) is 0 Å². The Balaban J connectivity index is 1.55. The van der Waals surface area contributed by atoms with Crippen LogP contribution in [-0.4, -0.2) is 24.0 Å². The van der Waals surface area contributed by atoms with Crippen LogP contribution < -0.4 is 20.9 Å². The van der Waals surface area contributed by atoms with Crippen LogP contribution in [0.2, 0.25) is 0 Å². The minimum atomic E-state index is -0.582. The normalized spacial score (nSPS) is 10.3. The maximum Gasteiger partial charge on any atom is 0.337 e. The average molecular weight is 314 g/mol. The van der Waals surface area contributed by atoms with Gasteiger partial charge < -0.3 is 19.5 Å². The number of carbonyl (C=O) groups excluding carboxylic acids is 2. The summed E-state index contributed by atoms with van der Waals surface area (Å²) in [5, 5.41) is 2.57. The second-order valence-corrected chi connectivity index (χ2v) is 4.65. The number of nitrogens with one attached hydrogen (secondary N) is 4. The molecule has 118 valence electrons. The molecule has 0 aliphatic rings. The molecule has 0 radical (unpaired) electrons. The van der Waals surface area contributed by atoms with Crippen LogP contribution in [0.3, 0.4) is 0 Å². The fourth-order valence-electron chi connectivity index (χ4n) is 2.01. The number of amides is 3. The number of hydrogen-bond acceptors (Lipinski definition) is 4. The highest BCUT2D eigenvalue weighted by atomic mass is 16.5. The zero-order chi connectivity index (χ0) is 16.2. The molecule has 8 nitrogen and oxygen atoms in total. The van der Waals surface area contributed by atoms with E-state index in [1.165, 1.54) is 13.4 Å². The van der Waals surface area contributed by atoms with Gasteiger partial charge in [-0.15, -0.1) is 0 Å². The summed E-state index contributed by atoms with van der Waals surface area (Å²) in [5.41, 5.74) is 6.64. The molecule has 0 aliphatic carbocycles. The van der Waals surface area contributed by atoms with Gasteiger partial charge in [-0.1, -0.05) is 6.07 Å². The molecule has 0 fully saturated rings. The van der Waals surface area contributed by atoms with Gasteiger partial charge in [0.25, 0.3) is 5.91 Å². The number of urea groups is 1. The van der Waals surface area contributed by atoms with Gasteiger partial charge in [-0.05, 0) is 12.1 Å². The predicted octanol–water partition coefficient (Wildman–Crippen LogP) is 2.24. The van der Waals surface area contributed by atoms with Gasteiger partial charge in [0.15, 0.2) is 5.58 Å². The number of hydrazine groups is 1. The molecule has 1 aromatic carbocycles. The first-order chi connectivity index (χ1) is 11.2. The summed E-state index contributed by atoms with van der Waals surface area (Å²) in [6, 6.07) is 9.51. The first-order valence-electron chi connectivity index (χ1n) is 6.73. The summed E-state index contributed by atoms with van der Waals surface area (Å²) in [7, 11) is 1.53. The number of anilines is 1. The molecule has 0 saturated heterocycles. The summed E-state index contributed by atoms with van der Waals surface area (Å²) in [4.78, 5) is 26.6. The lowest BCUT2D eigenvalue weighted by molar-refractivity contribution is 0.0933. The molecule has 0 spiro atoms. The second kappa shape index (κ2) is 6.14. The molecule has 4 N–H and O–H groups in total. The first-order valence-corrected chi connectivity index (χ1v) is 6.73. The number of ether oxygens (including phenoxy) is 1. The van der Waals surface area contributed by atoms with Gasteiger partial charge in [0, 0.05) is 23.9 Å². The number of H-pyrrole nitrogens is 1. The zero-order valence-corrected chi connectivity index (χ0v) is 12.2. The Morgan fingerprint density at radius 2 is 2.04 bits per heavy atom. The molecule has 3 aromatic rings. The number of carbonyl (C=O) groups is 2. The van der Waals surface area contributed by atoms with Crippen LogP contribution in [0.1, 0.15) is 10.5 Å². The van der Waals surface area contributed by atoms with E-state index in [0.29, 0.717) is 22.5 Å². The smallest absolute Gasteiger partial charge is 0.337 e. The third-order valence-electron chi connectivity index (χ3n) is 3.10. The minimum Gasteiger partial charge on any atom is -0.497 e. The van der Waals surface area contributed by atoms with Crippen molar-refractivity contribution in [2.45, 2.75) is 0 Å². The molecule has 0 aliphatic heterocycles. The van der Waals surface area contributed by atoms with Gasteiger partial charge in [0.2, 0.25) is 0 Å². The standard InChI is InChI=1S/C15H14N4O4/c1-22-10-4-2-3-9(7-10)16-15(21)19-18-14(20)12-8-13-11(17-12)5-6-23-13/h2-8,17H,1H3,(H,18,20)(H2,16,19,21). The van der Waals surface area contributed by atoms with Crippen LogP contribution in [0.25, 0.3) is 11.1 Å². The van der Waals surface area contributed by atoms with Crippen LogP contribution in [0.4, 0.5) is 10.5 Å². The lowest BCUT2D eigenvalue weighted by Crippen LogP contribution is -2.44. The molecule has 0 atom stereocenters. The van der Waals surface area contributed by atoms with Crippen molar-refractivity contribution in [2.24, 2.45) is 0 Å². The van der Waals surface area contributed by atoms with E-state index in [0.717, 1.165) is 0 Å². The van der Waals surface area contributed by atoms with E-state index in [2.05, 4.69) is 21.2 Å². The van der Waals surface area contributed by atoms with E-state index in [4.69, 9.17) is 9.15 Å². The number of fused-ring (bicyclic) bond motifs is 1. The van der Waals surface area contributed by atoms with Gasteiger partial charge in [0.05, 0.1) is 18.9 Å². The summed E-state index contributed by atoms with van der Waals surface area (Å²) < 4.78 is 10.2. The Morgan fingerprint density at radius 1 is 1.17 bits per heavy atom. The second-order valence-electron chi connectivity index (χ2n) is 4.65. The number of aromatic amines is 1. The van der Waals surface area contributed by atoms with Gasteiger partial charge in [-0.3, -0.25) is 10.2 Å². The Morgan fingerprint density at radius 3 is 2.83 bits per heavy atom. The molecular weight excluding hydrogens is 300 g/mol. The highest BCUT2D eigenvalue weighted by Crippen LogP contribution is 2.17. The Kier molecular flexibility index (Phi) is 3.88. The van der Waals surface area contributed by atoms with Crippen molar-refractivity contribution in [2.75, 3.05) is 12.4 Å². The van der Waals surface area contributed by atoms with E-state index >= 15 is 0 Å². The van der Waals surface area contributed by atoms with Crippen molar-refractivity contribution in [3.8, 4) is 5.75 Å². The van der Waals surface area contributed by atoms with Crippen molar-refractivity contribution in [3.63, 3.8) is 0 Å². The van der Waals surface area contributed by atoms with Crippen LogP contribution in [0, 0.1) is 0 Å². The fourth-order valence-corrected chi connectivity index (χ4v) is 2.01. The summed E-state index contributed by atoms with van der Waals surface area (Å²) >= 11 is 0. The monoisotopic (exact) mass is 314 g/mol. The predicted molar refractivity (Wildman–Crippen MR) is 83.2 cm³/mol. The van der Waals surface area contributed by atoms with Gasteiger partial charge >= 0.3 is 6.03 Å². The first kappa shape index (κ1) is 14.5. The maximum atomic E-state index is 11.9. The highest BCUT2D eigenvalue weighted by molar-refractivity contribution is 5.98. The molecule has 2 heterocycles. The lowest BCUT2D eigenvalue weighted by Gasteiger charge is -2.09. The SMILES string of the molecule is COc1cccc(NC(=O)NNC(=O)c2cc3occc3[nH]2)c1. The van der Waals surface area contributed by atoms with E-state index in [1.54, 1.807) is 36.4 Å². The zero-order valence-electron chi connectivity index (χ0n) is 12.2. The van der Waals surface area contributed by atoms with Crippen molar-refractivity contribution >= 4 is 28.7 Å². The third-order valence-corrected chi connectivity index (χ3v) is 3.10.